The van der Waals surface area contributed by atoms with Gasteiger partial charge in [-0.1, -0.05) is 38.5 Å². The van der Waals surface area contributed by atoms with Crippen LogP contribution in [0.15, 0.2) is 0 Å². The zero-order valence-corrected chi connectivity index (χ0v) is 18.8. The third-order valence-corrected chi connectivity index (χ3v) is 5.76. The minimum Gasteiger partial charge on any atom is -0.481 e. The van der Waals surface area contributed by atoms with E-state index in [1.54, 1.807) is 41.9 Å². The molecule has 0 unspecified atom stereocenters. The standard InChI is InChI=1S/C22H42O6/c1-21(2,19(23)24)15-11-7-9-13-17(27-5)18(28-6)14-10-8-12-16-22(3,4)20(25)26/h17-18H,7-16H2,1-6H3,(H,23,24)(H,25,26)/t17-,18-/m0/s1. The molecule has 0 fully saturated rings. The van der Waals surface area contributed by atoms with E-state index in [9.17, 15) is 9.59 Å². The molecule has 0 bridgehead atoms. The number of hydrogen-bond donors (Lipinski definition) is 2. The van der Waals surface area contributed by atoms with Crippen LogP contribution in [0, 0.1) is 10.8 Å². The Kier molecular flexibility index (Phi) is 12.6. The van der Waals surface area contributed by atoms with Crippen LogP contribution in [0.4, 0.5) is 0 Å². The molecule has 0 aliphatic carbocycles. The summed E-state index contributed by atoms with van der Waals surface area (Å²) < 4.78 is 11.3. The lowest BCUT2D eigenvalue weighted by molar-refractivity contribution is -0.148. The lowest BCUT2D eigenvalue weighted by Gasteiger charge is -2.25. The van der Waals surface area contributed by atoms with Crippen molar-refractivity contribution in [3.8, 4) is 0 Å². The summed E-state index contributed by atoms with van der Waals surface area (Å²) in [5.74, 6) is -1.48. The van der Waals surface area contributed by atoms with Gasteiger partial charge in [0.1, 0.15) is 0 Å². The molecule has 0 rings (SSSR count). The molecule has 0 heterocycles. The summed E-state index contributed by atoms with van der Waals surface area (Å²) in [7, 11) is 3.42. The highest BCUT2D eigenvalue weighted by atomic mass is 16.5. The van der Waals surface area contributed by atoms with E-state index < -0.39 is 22.8 Å². The van der Waals surface area contributed by atoms with Crippen molar-refractivity contribution in [1.29, 1.82) is 0 Å². The van der Waals surface area contributed by atoms with E-state index in [4.69, 9.17) is 19.7 Å². The van der Waals surface area contributed by atoms with Crippen LogP contribution in [0.25, 0.3) is 0 Å². The van der Waals surface area contributed by atoms with Crippen LogP contribution in [0.2, 0.25) is 0 Å². The van der Waals surface area contributed by atoms with Crippen LogP contribution < -0.4 is 0 Å². The molecule has 0 radical (unpaired) electrons. The van der Waals surface area contributed by atoms with Gasteiger partial charge in [-0.05, 0) is 53.4 Å². The fraction of sp³-hybridized carbons (Fsp3) is 0.909. The summed E-state index contributed by atoms with van der Waals surface area (Å²) in [6.45, 7) is 7.08. The van der Waals surface area contributed by atoms with E-state index in [0.29, 0.717) is 12.8 Å². The Labute approximate surface area is 171 Å². The normalized spacial score (nSPS) is 14.6. The Morgan fingerprint density at radius 2 is 1.00 bits per heavy atom. The van der Waals surface area contributed by atoms with Gasteiger partial charge in [-0.2, -0.15) is 0 Å². The van der Waals surface area contributed by atoms with Crippen LogP contribution in [0.1, 0.15) is 91.9 Å². The van der Waals surface area contributed by atoms with Gasteiger partial charge in [-0.3, -0.25) is 9.59 Å². The lowest BCUT2D eigenvalue weighted by atomic mass is 9.86. The molecule has 0 amide bonds. The van der Waals surface area contributed by atoms with Gasteiger partial charge in [0.25, 0.3) is 0 Å². The molecule has 6 nitrogen and oxygen atoms in total. The Bertz CT molecular complexity index is 416. The topological polar surface area (TPSA) is 93.1 Å². The number of carbonyl (C=O) groups is 2. The molecule has 6 heteroatoms. The Morgan fingerprint density at radius 3 is 1.25 bits per heavy atom. The number of unbranched alkanes of at least 4 members (excludes halogenated alkanes) is 4. The van der Waals surface area contributed by atoms with Crippen LogP contribution in [0.3, 0.4) is 0 Å². The Hall–Kier alpha value is -1.14. The van der Waals surface area contributed by atoms with E-state index in [0.717, 1.165) is 51.4 Å². The second-order valence-corrected chi connectivity index (χ2v) is 9.13. The van der Waals surface area contributed by atoms with Crippen molar-refractivity contribution in [3.63, 3.8) is 0 Å². The largest absolute Gasteiger partial charge is 0.481 e. The summed E-state index contributed by atoms with van der Waals surface area (Å²) in [6.07, 6.45) is 8.96. The molecular weight excluding hydrogens is 360 g/mol. The van der Waals surface area contributed by atoms with Crippen molar-refractivity contribution in [2.24, 2.45) is 10.8 Å². The summed E-state index contributed by atoms with van der Waals surface area (Å²) in [6, 6.07) is 0. The summed E-state index contributed by atoms with van der Waals surface area (Å²) in [4.78, 5) is 22.3. The first-order valence-corrected chi connectivity index (χ1v) is 10.5. The molecule has 0 spiro atoms. The SMILES string of the molecule is CO[C@@H](CCCCCC(C)(C)C(=O)O)[C@H](CCCCCC(C)(C)C(=O)O)OC. The van der Waals surface area contributed by atoms with Crippen molar-refractivity contribution in [2.75, 3.05) is 14.2 Å². The van der Waals surface area contributed by atoms with E-state index >= 15 is 0 Å². The lowest BCUT2D eigenvalue weighted by Crippen LogP contribution is -2.30. The average molecular weight is 403 g/mol. The van der Waals surface area contributed by atoms with Gasteiger partial charge < -0.3 is 19.7 Å². The number of methoxy groups -OCH3 is 2. The molecule has 2 atom stereocenters. The number of carboxylic acid groups (broad SMARTS) is 2. The summed E-state index contributed by atoms with van der Waals surface area (Å²) >= 11 is 0. The van der Waals surface area contributed by atoms with Crippen molar-refractivity contribution >= 4 is 11.9 Å². The van der Waals surface area contributed by atoms with E-state index in [1.165, 1.54) is 0 Å². The van der Waals surface area contributed by atoms with Crippen molar-refractivity contribution < 1.29 is 29.3 Å². The quantitative estimate of drug-likeness (QED) is 0.327. The molecule has 0 aliphatic rings. The molecule has 0 aromatic rings. The highest BCUT2D eigenvalue weighted by Crippen LogP contribution is 2.26. The maximum atomic E-state index is 11.1. The highest BCUT2D eigenvalue weighted by Gasteiger charge is 2.27. The molecule has 2 N–H and O–H groups in total. The van der Waals surface area contributed by atoms with E-state index in [-0.39, 0.29) is 12.2 Å². The third-order valence-electron chi connectivity index (χ3n) is 5.76. The predicted octanol–water partition coefficient (Wildman–Crippen LogP) is 5.14. The summed E-state index contributed by atoms with van der Waals surface area (Å²) in [5.41, 5.74) is -1.32. The summed E-state index contributed by atoms with van der Waals surface area (Å²) in [5, 5.41) is 18.3. The first-order chi connectivity index (χ1) is 13.0. The molecule has 0 saturated heterocycles. The number of carboxylic acids is 2. The smallest absolute Gasteiger partial charge is 0.309 e. The van der Waals surface area contributed by atoms with Crippen molar-refractivity contribution in [3.05, 3.63) is 0 Å². The molecule has 0 aromatic heterocycles. The fourth-order valence-electron chi connectivity index (χ4n) is 3.30. The minimum absolute atomic E-state index is 0.0351. The highest BCUT2D eigenvalue weighted by molar-refractivity contribution is 5.73. The number of aliphatic carboxylic acids is 2. The van der Waals surface area contributed by atoms with Crippen LogP contribution in [0.5, 0.6) is 0 Å². The van der Waals surface area contributed by atoms with E-state index in [1.807, 2.05) is 0 Å². The first-order valence-electron chi connectivity index (χ1n) is 10.5. The maximum absolute atomic E-state index is 11.1. The van der Waals surface area contributed by atoms with Gasteiger partial charge in [-0.15, -0.1) is 0 Å². The van der Waals surface area contributed by atoms with Gasteiger partial charge in [0.05, 0.1) is 23.0 Å². The Balaban J connectivity index is 4.13. The van der Waals surface area contributed by atoms with Gasteiger partial charge in [0, 0.05) is 14.2 Å². The molecule has 166 valence electrons. The molecule has 0 saturated carbocycles. The van der Waals surface area contributed by atoms with Gasteiger partial charge in [0.2, 0.25) is 0 Å². The molecular formula is C22H42O6. The van der Waals surface area contributed by atoms with Crippen molar-refractivity contribution in [1.82, 2.24) is 0 Å². The van der Waals surface area contributed by atoms with Gasteiger partial charge in [0.15, 0.2) is 0 Å². The zero-order chi connectivity index (χ0) is 21.8. The minimum atomic E-state index is -0.742. The second-order valence-electron chi connectivity index (χ2n) is 9.13. The zero-order valence-electron chi connectivity index (χ0n) is 18.8. The van der Waals surface area contributed by atoms with Crippen LogP contribution >= 0.6 is 0 Å². The predicted molar refractivity (Wildman–Crippen MR) is 111 cm³/mol. The second kappa shape index (κ2) is 13.2. The number of rotatable bonds is 17. The Morgan fingerprint density at radius 1 is 0.679 bits per heavy atom. The van der Waals surface area contributed by atoms with E-state index in [2.05, 4.69) is 0 Å². The first kappa shape index (κ1) is 26.9. The van der Waals surface area contributed by atoms with Crippen molar-refractivity contribution in [2.45, 2.75) is 104 Å². The van der Waals surface area contributed by atoms with Gasteiger partial charge in [-0.25, -0.2) is 0 Å². The third kappa shape index (κ3) is 10.4. The van der Waals surface area contributed by atoms with Crippen LogP contribution in [-0.2, 0) is 19.1 Å². The number of hydrogen-bond acceptors (Lipinski definition) is 4. The molecule has 0 aromatic carbocycles. The molecule has 28 heavy (non-hydrogen) atoms. The maximum Gasteiger partial charge on any atom is 0.309 e. The van der Waals surface area contributed by atoms with Gasteiger partial charge >= 0.3 is 11.9 Å². The van der Waals surface area contributed by atoms with Crippen LogP contribution in [-0.4, -0.2) is 48.6 Å². The fourth-order valence-corrected chi connectivity index (χ4v) is 3.30. The monoisotopic (exact) mass is 402 g/mol. The number of ether oxygens (including phenoxy) is 2. The molecule has 0 aliphatic heterocycles. The average Bonchev–Trinajstić information content (AvgIpc) is 2.61.